The number of hydrogen-bond acceptors (Lipinski definition) is 9. The lowest BCUT2D eigenvalue weighted by Crippen LogP contribution is -2.54. The fourth-order valence-electron chi connectivity index (χ4n) is 4.58. The number of primary amides is 1. The number of rotatable bonds is 9. The molecule has 12 nitrogen and oxygen atoms in total. The first kappa shape index (κ1) is 49.1. The van der Waals surface area contributed by atoms with Crippen molar-refractivity contribution >= 4 is 71.9 Å². The van der Waals surface area contributed by atoms with Gasteiger partial charge in [-0.25, -0.2) is 9.59 Å². The van der Waals surface area contributed by atoms with E-state index in [4.69, 9.17) is 27.9 Å². The maximum Gasteiger partial charge on any atom is 0.329 e. The second-order valence-corrected chi connectivity index (χ2v) is 16.7. The van der Waals surface area contributed by atoms with Gasteiger partial charge in [0.2, 0.25) is 11.7 Å². The topological polar surface area (TPSA) is 177 Å². The van der Waals surface area contributed by atoms with E-state index in [9.17, 15) is 28.8 Å². The van der Waals surface area contributed by atoms with Gasteiger partial charge in [0.05, 0.1) is 24.0 Å². The number of Topliss-reactive ketones (excluding diaryl/α,β-unsaturated/α-hetero) is 1. The molecule has 15 heteroatoms. The van der Waals surface area contributed by atoms with Crippen LogP contribution in [-0.4, -0.2) is 83.4 Å². The number of ether oxygens (including phenoxy) is 1. The van der Waals surface area contributed by atoms with Crippen molar-refractivity contribution in [2.75, 3.05) is 18.4 Å². The van der Waals surface area contributed by atoms with Crippen molar-refractivity contribution in [3.05, 3.63) is 35.4 Å². The van der Waals surface area contributed by atoms with Crippen molar-refractivity contribution in [1.29, 1.82) is 0 Å². The van der Waals surface area contributed by atoms with Crippen molar-refractivity contribution < 1.29 is 33.5 Å². The maximum atomic E-state index is 12.9. The Labute approximate surface area is 325 Å². The molecule has 1 heterocycles. The molecule has 1 aromatic carbocycles. The number of thiol groups is 1. The van der Waals surface area contributed by atoms with Crippen molar-refractivity contribution in [2.24, 2.45) is 22.5 Å². The Bertz CT molecular complexity index is 1270. The molecule has 0 bridgehead atoms. The predicted molar refractivity (Wildman–Crippen MR) is 210 cm³/mol. The molecule has 4 rings (SSSR count). The monoisotopic (exact) mass is 789 g/mol. The lowest BCUT2D eigenvalue weighted by molar-refractivity contribution is -0.153. The molecule has 2 fully saturated rings. The number of halogens is 2. The summed E-state index contributed by atoms with van der Waals surface area (Å²) in [6.07, 6.45) is 6.21. The van der Waals surface area contributed by atoms with E-state index in [0.29, 0.717) is 31.2 Å². The van der Waals surface area contributed by atoms with Gasteiger partial charge >= 0.3 is 12.0 Å². The molecule has 5 N–H and O–H groups in total. The number of carbonyl (C=O) groups is 6. The summed E-state index contributed by atoms with van der Waals surface area (Å²) in [5.41, 5.74) is 6.92. The number of alkyl halides is 2. The van der Waals surface area contributed by atoms with Gasteiger partial charge in [-0.2, -0.15) is 0 Å². The van der Waals surface area contributed by atoms with E-state index in [1.807, 2.05) is 45.0 Å². The number of urea groups is 1. The summed E-state index contributed by atoms with van der Waals surface area (Å²) in [6.45, 7) is 18.3. The quantitative estimate of drug-likeness (QED) is 0.0731. The minimum absolute atomic E-state index is 0.194. The molecule has 1 aliphatic heterocycles. The fourth-order valence-corrected chi connectivity index (χ4v) is 4.70. The summed E-state index contributed by atoms with van der Waals surface area (Å²) >= 11 is 13.1. The second-order valence-electron chi connectivity index (χ2n) is 15.7. The molecule has 1 aromatic rings. The zero-order chi connectivity index (χ0) is 40.2. The average molecular weight is 791 g/mol. The van der Waals surface area contributed by atoms with Crippen LogP contribution in [0.25, 0.3) is 0 Å². The number of nitrogens with zero attached hydrogens (tertiary/aromatic N) is 1. The Balaban J connectivity index is 0.00000100. The van der Waals surface area contributed by atoms with E-state index in [-0.39, 0.29) is 23.9 Å². The first-order valence-corrected chi connectivity index (χ1v) is 19.0. The average Bonchev–Trinajstić information content (AvgIpc) is 3.51. The van der Waals surface area contributed by atoms with Gasteiger partial charge in [0, 0.05) is 19.4 Å². The number of amides is 4. The molecule has 1 saturated carbocycles. The Hall–Kier alpha value is -2.87. The molecule has 0 radical (unpaired) electrons. The number of nitrogens with one attached hydrogen (secondary N) is 3. The summed E-state index contributed by atoms with van der Waals surface area (Å²) in [6, 6.07) is 5.46. The molecule has 296 valence electrons. The van der Waals surface area contributed by atoms with Gasteiger partial charge in [0.1, 0.15) is 18.4 Å². The zero-order valence-corrected chi connectivity index (χ0v) is 34.6. The van der Waals surface area contributed by atoms with Crippen LogP contribution in [0.5, 0.6) is 0 Å². The molecule has 3 atom stereocenters. The summed E-state index contributed by atoms with van der Waals surface area (Å²) in [7, 11) is 0. The van der Waals surface area contributed by atoms with E-state index >= 15 is 0 Å². The van der Waals surface area contributed by atoms with Gasteiger partial charge in [-0.05, 0) is 47.6 Å². The molecular formula is C37H61Cl2N5O7S. The lowest BCUT2D eigenvalue weighted by Gasteiger charge is -2.30. The number of fused-ring (bicyclic) bond motifs is 1. The molecule has 3 aliphatic rings. The third-order valence-corrected chi connectivity index (χ3v) is 7.93. The Morgan fingerprint density at radius 2 is 1.48 bits per heavy atom. The number of nitrogens with two attached hydrogens (primary N) is 1. The largest absolute Gasteiger partial charge is 0.460 e. The van der Waals surface area contributed by atoms with Crippen LogP contribution in [0.2, 0.25) is 0 Å². The fraction of sp³-hybridized carbons (Fsp3) is 0.676. The third kappa shape index (κ3) is 21.6. The Morgan fingerprint density at radius 3 is 1.85 bits per heavy atom. The highest BCUT2D eigenvalue weighted by Crippen LogP contribution is 2.27. The molecule has 3 unspecified atom stereocenters. The van der Waals surface area contributed by atoms with Crippen LogP contribution in [-0.2, 0) is 41.6 Å². The van der Waals surface area contributed by atoms with Gasteiger partial charge in [0.15, 0.2) is 0 Å². The highest BCUT2D eigenvalue weighted by Gasteiger charge is 2.37. The molecular weight excluding hydrogens is 729 g/mol. The van der Waals surface area contributed by atoms with Crippen LogP contribution in [0.15, 0.2) is 24.3 Å². The normalized spacial score (nSPS) is 17.3. The summed E-state index contributed by atoms with van der Waals surface area (Å²) in [5.74, 6) is -1.33. The predicted octanol–water partition coefficient (Wildman–Crippen LogP) is 5.35. The van der Waals surface area contributed by atoms with Crippen LogP contribution >= 0.6 is 36.0 Å². The van der Waals surface area contributed by atoms with E-state index in [2.05, 4.69) is 68.5 Å². The van der Waals surface area contributed by atoms with Crippen LogP contribution in [0.4, 0.5) is 4.79 Å². The first-order chi connectivity index (χ1) is 24.1. The van der Waals surface area contributed by atoms with Crippen molar-refractivity contribution in [3.8, 4) is 0 Å². The number of hydrogen-bond donors (Lipinski definition) is 5. The first-order valence-electron chi connectivity index (χ1n) is 17.5. The second kappa shape index (κ2) is 24.4. The number of esters is 1. The van der Waals surface area contributed by atoms with E-state index < -0.39 is 47.2 Å². The third-order valence-electron chi connectivity index (χ3n) is 7.55. The van der Waals surface area contributed by atoms with E-state index in [1.165, 1.54) is 35.8 Å². The number of likely N-dealkylation sites (tertiary alicyclic amines) is 1. The van der Waals surface area contributed by atoms with Crippen LogP contribution in [0.3, 0.4) is 0 Å². The minimum Gasteiger partial charge on any atom is -0.460 e. The van der Waals surface area contributed by atoms with Crippen LogP contribution in [0, 0.1) is 16.7 Å². The molecule has 0 aromatic heterocycles. The van der Waals surface area contributed by atoms with Crippen molar-refractivity contribution in [2.45, 2.75) is 125 Å². The van der Waals surface area contributed by atoms with E-state index in [1.54, 1.807) is 0 Å². The zero-order valence-electron chi connectivity index (χ0n) is 32.2. The molecule has 2 aliphatic carbocycles. The van der Waals surface area contributed by atoms with E-state index in [0.717, 1.165) is 18.6 Å². The lowest BCUT2D eigenvalue weighted by atomic mass is 9.87. The van der Waals surface area contributed by atoms with Gasteiger partial charge in [-0.1, -0.05) is 105 Å². The van der Waals surface area contributed by atoms with Crippen molar-refractivity contribution in [1.82, 2.24) is 20.3 Å². The van der Waals surface area contributed by atoms with Gasteiger partial charge in [-0.3, -0.25) is 19.1 Å². The van der Waals surface area contributed by atoms with Crippen LogP contribution < -0.4 is 21.1 Å². The summed E-state index contributed by atoms with van der Waals surface area (Å²) in [4.78, 5) is 70.7. The molecule has 4 amide bonds. The molecule has 52 heavy (non-hydrogen) atoms. The molecule has 1 saturated heterocycles. The maximum absolute atomic E-state index is 12.9. The smallest absolute Gasteiger partial charge is 0.329 e. The van der Waals surface area contributed by atoms with Crippen LogP contribution in [0.1, 0.15) is 99.1 Å². The summed E-state index contributed by atoms with van der Waals surface area (Å²) < 4.78 is 8.01. The number of carbonyl (C=O) groups excluding carboxylic acids is 6. The van der Waals surface area contributed by atoms with Crippen molar-refractivity contribution in [3.63, 3.8) is 0 Å². The minimum atomic E-state index is -0.941. The SMILES string of the molecule is CC(C)(C)C.CC(C)(C)C(NC(=O)NCC(=O)N1CCCC1C=O)C(=O)OC1Cc2ccccc2C1.CC(NS)C(=O)C(N)=O.CC1CC1.ClCCl. The van der Waals surface area contributed by atoms with Gasteiger partial charge in [-0.15, -0.1) is 23.2 Å². The van der Waals surface area contributed by atoms with Gasteiger partial charge < -0.3 is 30.8 Å². The Morgan fingerprint density at radius 1 is 1.00 bits per heavy atom. The number of ketones is 1. The summed E-state index contributed by atoms with van der Waals surface area (Å²) in [5, 5.41) is 5.36. The van der Waals surface area contributed by atoms with Gasteiger partial charge in [0.25, 0.3) is 5.91 Å². The molecule has 0 spiro atoms. The standard InChI is InChI=1S/C23H31N3O5.C5H12.C4H8N2O2S.C4H8.CH2Cl2/c1-23(2,3)20(21(29)31-18-11-15-7-4-5-8-16(15)12-18)25-22(30)24-13-19(28)26-10-6-9-17(26)14-27;1-5(2,3)4;1-2(6-9)3(7)4(5)8;1-4-2-3-4;2-1-3/h4-5,7-8,14,17-18,20H,6,9-13H2,1-3H3,(H2,24,25,30);1-4H3;2,6,9H,1H3,(H2,5,8);4H,2-3H2,1H3;1H2. The Kier molecular flexibility index (Phi) is 23.1. The number of aldehydes is 1. The number of benzene rings is 1. The highest BCUT2D eigenvalue weighted by molar-refractivity contribution is 7.78. The highest BCUT2D eigenvalue weighted by atomic mass is 35.5.